The van der Waals surface area contributed by atoms with Crippen molar-refractivity contribution in [1.82, 2.24) is 9.88 Å². The van der Waals surface area contributed by atoms with E-state index < -0.39 is 0 Å². The van der Waals surface area contributed by atoms with Crippen LogP contribution in [0.1, 0.15) is 38.3 Å². The van der Waals surface area contributed by atoms with Crippen molar-refractivity contribution in [2.24, 2.45) is 5.73 Å². The van der Waals surface area contributed by atoms with Gasteiger partial charge in [0.05, 0.1) is 0 Å². The minimum Gasteiger partial charge on any atom is -0.326 e. The summed E-state index contributed by atoms with van der Waals surface area (Å²) < 4.78 is 0. The van der Waals surface area contributed by atoms with Crippen molar-refractivity contribution in [3.8, 4) is 0 Å². The molecule has 0 aromatic carbocycles. The summed E-state index contributed by atoms with van der Waals surface area (Å²) in [4.78, 5) is 6.40. The fourth-order valence-electron chi connectivity index (χ4n) is 1.80. The summed E-state index contributed by atoms with van der Waals surface area (Å²) >= 11 is 0. The van der Waals surface area contributed by atoms with Crippen LogP contribution < -0.4 is 5.73 Å². The summed E-state index contributed by atoms with van der Waals surface area (Å²) in [5.74, 6) is 0. The molecule has 0 bridgehead atoms. The van der Waals surface area contributed by atoms with Crippen molar-refractivity contribution in [3.63, 3.8) is 0 Å². The van der Waals surface area contributed by atoms with Gasteiger partial charge in [0.25, 0.3) is 0 Å². The van der Waals surface area contributed by atoms with Crippen LogP contribution in [0.15, 0.2) is 24.5 Å². The van der Waals surface area contributed by atoms with E-state index in [1.54, 1.807) is 0 Å². The fourth-order valence-corrected chi connectivity index (χ4v) is 1.80. The van der Waals surface area contributed by atoms with E-state index in [-0.39, 0.29) is 5.54 Å². The van der Waals surface area contributed by atoms with Gasteiger partial charge in [0, 0.05) is 24.0 Å². The molecular weight excluding hydrogens is 198 g/mol. The minimum absolute atomic E-state index is 0.101. The molecule has 1 heterocycles. The molecule has 0 amide bonds. The third-order valence-electron chi connectivity index (χ3n) is 2.75. The van der Waals surface area contributed by atoms with Crippen LogP contribution in [0, 0.1) is 0 Å². The molecule has 90 valence electrons. The van der Waals surface area contributed by atoms with Crippen LogP contribution in [0.5, 0.6) is 0 Å². The zero-order valence-corrected chi connectivity index (χ0v) is 10.8. The first-order valence-electron chi connectivity index (χ1n) is 5.75. The molecule has 0 spiro atoms. The van der Waals surface area contributed by atoms with Gasteiger partial charge < -0.3 is 10.6 Å². The van der Waals surface area contributed by atoms with Crippen molar-refractivity contribution in [1.29, 1.82) is 0 Å². The Morgan fingerprint density at radius 2 is 2.12 bits per heavy atom. The Balaban J connectivity index is 2.70. The quantitative estimate of drug-likeness (QED) is 0.829. The second kappa shape index (κ2) is 5.41. The Kier molecular flexibility index (Phi) is 4.44. The van der Waals surface area contributed by atoms with E-state index in [0.29, 0.717) is 6.04 Å². The molecule has 1 atom stereocenters. The summed E-state index contributed by atoms with van der Waals surface area (Å²) in [6, 6.07) is 4.51. The van der Waals surface area contributed by atoms with E-state index in [2.05, 4.69) is 43.9 Å². The van der Waals surface area contributed by atoms with Crippen LogP contribution in [0.2, 0.25) is 0 Å². The maximum Gasteiger partial charge on any atom is 0.0357 e. The Bertz CT molecular complexity index is 301. The van der Waals surface area contributed by atoms with Gasteiger partial charge in [-0.1, -0.05) is 6.07 Å². The van der Waals surface area contributed by atoms with Crippen LogP contribution in [0.3, 0.4) is 0 Å². The lowest BCUT2D eigenvalue weighted by atomic mass is 9.93. The van der Waals surface area contributed by atoms with Crippen molar-refractivity contribution >= 4 is 0 Å². The maximum absolute atomic E-state index is 6.03. The molecule has 1 unspecified atom stereocenters. The van der Waals surface area contributed by atoms with Crippen molar-refractivity contribution in [3.05, 3.63) is 30.1 Å². The molecule has 1 aromatic heterocycles. The van der Waals surface area contributed by atoms with Crippen LogP contribution >= 0.6 is 0 Å². The minimum atomic E-state index is -0.101. The molecule has 1 aromatic rings. The molecular formula is C13H23N3. The summed E-state index contributed by atoms with van der Waals surface area (Å²) in [6.45, 7) is 4.14. The maximum atomic E-state index is 6.03. The average Bonchev–Trinajstić information content (AvgIpc) is 2.17. The van der Waals surface area contributed by atoms with Gasteiger partial charge in [-0.3, -0.25) is 4.98 Å². The molecule has 3 heteroatoms. The Morgan fingerprint density at radius 3 is 2.56 bits per heavy atom. The van der Waals surface area contributed by atoms with Crippen molar-refractivity contribution < 1.29 is 0 Å². The third kappa shape index (κ3) is 4.29. The highest BCUT2D eigenvalue weighted by atomic mass is 15.1. The van der Waals surface area contributed by atoms with E-state index in [0.717, 1.165) is 12.8 Å². The van der Waals surface area contributed by atoms with Crippen LogP contribution in [-0.4, -0.2) is 29.5 Å². The van der Waals surface area contributed by atoms with Gasteiger partial charge in [-0.25, -0.2) is 0 Å². The summed E-state index contributed by atoms with van der Waals surface area (Å²) in [7, 11) is 4.20. The van der Waals surface area contributed by atoms with Gasteiger partial charge in [-0.05, 0) is 52.4 Å². The van der Waals surface area contributed by atoms with Crippen molar-refractivity contribution in [2.75, 3.05) is 14.1 Å². The molecule has 2 N–H and O–H groups in total. The number of nitrogens with zero attached hydrogens (tertiary/aromatic N) is 2. The summed E-state index contributed by atoms with van der Waals surface area (Å²) in [5.41, 5.74) is 7.19. The predicted molar refractivity (Wildman–Crippen MR) is 68.2 cm³/mol. The monoisotopic (exact) mass is 221 g/mol. The van der Waals surface area contributed by atoms with E-state index in [9.17, 15) is 0 Å². The van der Waals surface area contributed by atoms with Gasteiger partial charge in [-0.2, -0.15) is 0 Å². The lowest BCUT2D eigenvalue weighted by molar-refractivity contribution is 0.261. The SMILES string of the molecule is CN(C)C(CCC(C)(C)N)c1cccnc1. The summed E-state index contributed by atoms with van der Waals surface area (Å²) in [6.07, 6.45) is 5.81. The molecule has 0 aliphatic carbocycles. The fraction of sp³-hybridized carbons (Fsp3) is 0.615. The molecule has 3 nitrogen and oxygen atoms in total. The topological polar surface area (TPSA) is 42.1 Å². The van der Waals surface area contributed by atoms with E-state index >= 15 is 0 Å². The lowest BCUT2D eigenvalue weighted by Gasteiger charge is -2.28. The van der Waals surface area contributed by atoms with E-state index in [1.807, 2.05) is 18.5 Å². The highest BCUT2D eigenvalue weighted by Gasteiger charge is 2.18. The van der Waals surface area contributed by atoms with Crippen LogP contribution in [0.4, 0.5) is 0 Å². The number of hydrogen-bond acceptors (Lipinski definition) is 3. The normalized spacial score (nSPS) is 14.1. The molecule has 1 rings (SSSR count). The molecule has 16 heavy (non-hydrogen) atoms. The summed E-state index contributed by atoms with van der Waals surface area (Å²) in [5, 5.41) is 0. The largest absolute Gasteiger partial charge is 0.326 e. The number of hydrogen-bond donors (Lipinski definition) is 1. The predicted octanol–water partition coefficient (Wildman–Crippen LogP) is 2.20. The van der Waals surface area contributed by atoms with Gasteiger partial charge in [0.2, 0.25) is 0 Å². The Labute approximate surface area is 98.7 Å². The highest BCUT2D eigenvalue weighted by Crippen LogP contribution is 2.25. The second-order valence-corrected chi connectivity index (χ2v) is 5.29. The smallest absolute Gasteiger partial charge is 0.0357 e. The first kappa shape index (κ1) is 13.1. The highest BCUT2D eigenvalue weighted by molar-refractivity contribution is 5.13. The van der Waals surface area contributed by atoms with Gasteiger partial charge in [0.15, 0.2) is 0 Å². The number of pyridine rings is 1. The van der Waals surface area contributed by atoms with Crippen LogP contribution in [0.25, 0.3) is 0 Å². The Hall–Kier alpha value is -0.930. The first-order valence-corrected chi connectivity index (χ1v) is 5.75. The lowest BCUT2D eigenvalue weighted by Crippen LogP contribution is -2.33. The van der Waals surface area contributed by atoms with E-state index in [1.165, 1.54) is 5.56 Å². The second-order valence-electron chi connectivity index (χ2n) is 5.29. The Morgan fingerprint density at radius 1 is 1.44 bits per heavy atom. The zero-order chi connectivity index (χ0) is 12.2. The molecule has 0 aliphatic heterocycles. The molecule has 0 fully saturated rings. The van der Waals surface area contributed by atoms with Gasteiger partial charge in [0.1, 0.15) is 0 Å². The van der Waals surface area contributed by atoms with Gasteiger partial charge in [-0.15, -0.1) is 0 Å². The molecule has 0 saturated carbocycles. The van der Waals surface area contributed by atoms with Crippen molar-refractivity contribution in [2.45, 2.75) is 38.3 Å². The number of nitrogens with two attached hydrogens (primary N) is 1. The number of rotatable bonds is 5. The van der Waals surface area contributed by atoms with Gasteiger partial charge >= 0.3 is 0 Å². The average molecular weight is 221 g/mol. The molecule has 0 saturated heterocycles. The third-order valence-corrected chi connectivity index (χ3v) is 2.75. The number of aromatic nitrogens is 1. The standard InChI is InChI=1S/C13H23N3/c1-13(2,14)8-7-12(16(3)4)11-6-5-9-15-10-11/h5-6,9-10,12H,7-8,14H2,1-4H3. The van der Waals surface area contributed by atoms with E-state index in [4.69, 9.17) is 5.73 Å². The molecule has 0 aliphatic rings. The zero-order valence-electron chi connectivity index (χ0n) is 10.8. The first-order chi connectivity index (χ1) is 7.40. The van der Waals surface area contributed by atoms with Crippen LogP contribution in [-0.2, 0) is 0 Å². The molecule has 0 radical (unpaired) electrons.